The number of carbonyl (C=O) groups is 1. The van der Waals surface area contributed by atoms with Crippen molar-refractivity contribution in [2.75, 3.05) is 12.0 Å². The van der Waals surface area contributed by atoms with Crippen LogP contribution >= 0.6 is 11.6 Å². The lowest BCUT2D eigenvalue weighted by Gasteiger charge is -2.07. The lowest BCUT2D eigenvalue weighted by Crippen LogP contribution is -2.10. The van der Waals surface area contributed by atoms with Crippen molar-refractivity contribution in [1.82, 2.24) is 0 Å². The minimum atomic E-state index is -0.374. The van der Waals surface area contributed by atoms with Crippen LogP contribution in [0.15, 0.2) is 18.2 Å². The molecule has 0 unspecified atom stereocenters. The van der Waals surface area contributed by atoms with Crippen molar-refractivity contribution in [3.8, 4) is 0 Å². The van der Waals surface area contributed by atoms with E-state index >= 15 is 0 Å². The highest BCUT2D eigenvalue weighted by Crippen LogP contribution is 2.16. The van der Waals surface area contributed by atoms with Crippen molar-refractivity contribution in [2.24, 2.45) is 5.84 Å². The van der Waals surface area contributed by atoms with Gasteiger partial charge in [0, 0.05) is 11.6 Å². The molecule has 0 atom stereocenters. The Hall–Kier alpha value is -1.26. The molecule has 0 aliphatic heterocycles. The van der Waals surface area contributed by atoms with Crippen molar-refractivity contribution in [3.05, 3.63) is 29.3 Å². The molecule has 0 saturated heterocycles. The van der Waals surface area contributed by atoms with Gasteiger partial charge in [0.25, 0.3) is 0 Å². The summed E-state index contributed by atoms with van der Waals surface area (Å²) in [7, 11) is 0. The zero-order chi connectivity index (χ0) is 11.3. The first kappa shape index (κ1) is 11.8. The monoisotopic (exact) mass is 228 g/mol. The van der Waals surface area contributed by atoms with Crippen molar-refractivity contribution in [3.63, 3.8) is 0 Å². The molecule has 0 aromatic heterocycles. The molecule has 82 valence electrons. The van der Waals surface area contributed by atoms with Gasteiger partial charge in [0.1, 0.15) is 0 Å². The van der Waals surface area contributed by atoms with E-state index in [-0.39, 0.29) is 5.97 Å². The molecule has 1 aromatic carbocycles. The van der Waals surface area contributed by atoms with Crippen LogP contribution in [-0.4, -0.2) is 12.6 Å². The summed E-state index contributed by atoms with van der Waals surface area (Å²) in [6.45, 7) is 2.10. The summed E-state index contributed by atoms with van der Waals surface area (Å²) in [5.41, 5.74) is 4.37. The Labute approximate surface area is 93.3 Å². The lowest BCUT2D eigenvalue weighted by molar-refractivity contribution is 0.0526. The fourth-order valence-corrected chi connectivity index (χ4v) is 1.34. The Morgan fingerprint density at radius 3 is 2.80 bits per heavy atom. The minimum Gasteiger partial charge on any atom is -0.462 e. The number of halogens is 1. The van der Waals surface area contributed by atoms with Crippen LogP contribution in [-0.2, 0) is 10.6 Å². The molecule has 0 heterocycles. The van der Waals surface area contributed by atoms with Gasteiger partial charge in [-0.3, -0.25) is 5.84 Å². The third kappa shape index (κ3) is 3.11. The SMILES string of the molecule is CCOC(=O)c1cc(CCl)cc(NN)c1. The van der Waals surface area contributed by atoms with E-state index in [0.717, 1.165) is 5.56 Å². The van der Waals surface area contributed by atoms with Gasteiger partial charge in [-0.2, -0.15) is 0 Å². The smallest absolute Gasteiger partial charge is 0.338 e. The maximum absolute atomic E-state index is 11.4. The first-order valence-corrected chi connectivity index (χ1v) is 5.08. The second-order valence-corrected chi connectivity index (χ2v) is 3.18. The number of nitrogens with two attached hydrogens (primary N) is 1. The van der Waals surface area contributed by atoms with E-state index in [1.165, 1.54) is 0 Å². The predicted octanol–water partition coefficient (Wildman–Crippen LogP) is 1.89. The third-order valence-corrected chi connectivity index (χ3v) is 2.13. The Balaban J connectivity index is 3.01. The molecule has 0 saturated carbocycles. The number of ether oxygens (including phenoxy) is 1. The van der Waals surface area contributed by atoms with Crippen molar-refractivity contribution in [1.29, 1.82) is 0 Å². The van der Waals surface area contributed by atoms with Crippen LogP contribution in [0.2, 0.25) is 0 Å². The van der Waals surface area contributed by atoms with Gasteiger partial charge in [0.05, 0.1) is 12.2 Å². The van der Waals surface area contributed by atoms with E-state index in [1.807, 2.05) is 0 Å². The van der Waals surface area contributed by atoms with Crippen LogP contribution < -0.4 is 11.3 Å². The number of nitrogens with one attached hydrogen (secondary N) is 1. The number of nitrogen functional groups attached to an aromatic ring is 1. The number of rotatable bonds is 4. The standard InChI is InChI=1S/C10H13ClN2O2/c1-2-15-10(14)8-3-7(6-11)4-9(5-8)13-12/h3-5,13H,2,6,12H2,1H3. The number of hydrogen-bond donors (Lipinski definition) is 2. The van der Waals surface area contributed by atoms with E-state index in [4.69, 9.17) is 22.2 Å². The molecule has 5 heteroatoms. The van der Waals surface area contributed by atoms with Crippen LogP contribution in [0, 0.1) is 0 Å². The van der Waals surface area contributed by atoms with E-state index < -0.39 is 0 Å². The zero-order valence-electron chi connectivity index (χ0n) is 8.42. The quantitative estimate of drug-likeness (QED) is 0.358. The Kier molecular flexibility index (Phi) is 4.39. The van der Waals surface area contributed by atoms with Crippen LogP contribution in [0.5, 0.6) is 0 Å². The Bertz CT molecular complexity index is 333. The lowest BCUT2D eigenvalue weighted by atomic mass is 10.1. The number of hydrazine groups is 1. The molecule has 1 rings (SSSR count). The highest BCUT2D eigenvalue weighted by Gasteiger charge is 2.08. The Morgan fingerprint density at radius 1 is 1.53 bits per heavy atom. The van der Waals surface area contributed by atoms with E-state index in [1.54, 1.807) is 25.1 Å². The number of hydrogen-bond acceptors (Lipinski definition) is 4. The molecular weight excluding hydrogens is 216 g/mol. The summed E-state index contributed by atoms with van der Waals surface area (Å²) in [5, 5.41) is 0. The molecule has 0 aliphatic carbocycles. The van der Waals surface area contributed by atoms with Crippen molar-refractivity contribution >= 4 is 23.3 Å². The number of alkyl halides is 1. The summed E-state index contributed by atoms with van der Waals surface area (Å²) in [5.74, 6) is 5.22. The zero-order valence-corrected chi connectivity index (χ0v) is 9.17. The molecule has 1 aromatic rings. The van der Waals surface area contributed by atoms with Crippen LogP contribution in [0.1, 0.15) is 22.8 Å². The van der Waals surface area contributed by atoms with Gasteiger partial charge < -0.3 is 10.2 Å². The Morgan fingerprint density at radius 2 is 2.27 bits per heavy atom. The summed E-state index contributed by atoms with van der Waals surface area (Å²) >= 11 is 5.69. The van der Waals surface area contributed by atoms with Crippen LogP contribution in [0.25, 0.3) is 0 Å². The average molecular weight is 229 g/mol. The van der Waals surface area contributed by atoms with Gasteiger partial charge in [-0.25, -0.2) is 4.79 Å². The normalized spacial score (nSPS) is 9.80. The van der Waals surface area contributed by atoms with E-state index in [0.29, 0.717) is 23.7 Å². The summed E-state index contributed by atoms with van der Waals surface area (Å²) in [6.07, 6.45) is 0. The van der Waals surface area contributed by atoms with Crippen LogP contribution in [0.3, 0.4) is 0 Å². The highest BCUT2D eigenvalue weighted by atomic mass is 35.5. The van der Waals surface area contributed by atoms with Gasteiger partial charge >= 0.3 is 5.97 Å². The van der Waals surface area contributed by atoms with Gasteiger partial charge in [-0.05, 0) is 30.7 Å². The molecule has 0 radical (unpaired) electrons. The second kappa shape index (κ2) is 5.58. The number of anilines is 1. The van der Waals surface area contributed by atoms with Gasteiger partial charge in [-0.1, -0.05) is 0 Å². The first-order chi connectivity index (χ1) is 7.21. The number of benzene rings is 1. The van der Waals surface area contributed by atoms with Crippen molar-refractivity contribution in [2.45, 2.75) is 12.8 Å². The molecule has 0 amide bonds. The summed E-state index contributed by atoms with van der Waals surface area (Å²) in [6, 6.07) is 5.08. The summed E-state index contributed by atoms with van der Waals surface area (Å²) < 4.78 is 4.88. The van der Waals surface area contributed by atoms with Gasteiger partial charge in [0.2, 0.25) is 0 Å². The molecule has 0 bridgehead atoms. The maximum Gasteiger partial charge on any atom is 0.338 e. The third-order valence-electron chi connectivity index (χ3n) is 1.82. The number of esters is 1. The largest absolute Gasteiger partial charge is 0.462 e. The first-order valence-electron chi connectivity index (χ1n) is 4.55. The minimum absolute atomic E-state index is 0.321. The number of carbonyl (C=O) groups excluding carboxylic acids is 1. The van der Waals surface area contributed by atoms with E-state index in [9.17, 15) is 4.79 Å². The summed E-state index contributed by atoms with van der Waals surface area (Å²) in [4.78, 5) is 11.4. The van der Waals surface area contributed by atoms with Gasteiger partial charge in [0.15, 0.2) is 0 Å². The fraction of sp³-hybridized carbons (Fsp3) is 0.300. The van der Waals surface area contributed by atoms with Gasteiger partial charge in [-0.15, -0.1) is 11.6 Å². The molecule has 15 heavy (non-hydrogen) atoms. The molecular formula is C10H13ClN2O2. The average Bonchev–Trinajstić information content (AvgIpc) is 2.28. The molecule has 3 N–H and O–H groups in total. The van der Waals surface area contributed by atoms with Crippen molar-refractivity contribution < 1.29 is 9.53 Å². The topological polar surface area (TPSA) is 64.3 Å². The molecule has 0 spiro atoms. The molecule has 0 fully saturated rings. The van der Waals surface area contributed by atoms with Crippen LogP contribution in [0.4, 0.5) is 5.69 Å². The fourth-order valence-electron chi connectivity index (χ4n) is 1.18. The predicted molar refractivity (Wildman–Crippen MR) is 59.8 cm³/mol. The van der Waals surface area contributed by atoms with E-state index in [2.05, 4.69) is 5.43 Å². The second-order valence-electron chi connectivity index (χ2n) is 2.92. The maximum atomic E-state index is 11.4. The molecule has 0 aliphatic rings. The highest BCUT2D eigenvalue weighted by molar-refractivity contribution is 6.17. The molecule has 4 nitrogen and oxygen atoms in total.